The van der Waals surface area contributed by atoms with Gasteiger partial charge in [0, 0.05) is 18.0 Å². The van der Waals surface area contributed by atoms with Crippen LogP contribution < -0.4 is 0 Å². The first-order valence-electron chi connectivity index (χ1n) is 13.0. The molecule has 4 fully saturated rings. The summed E-state index contributed by atoms with van der Waals surface area (Å²) < 4.78 is 0. The standard InChI is InChI=1S/C28H48N2O/c1-18(29(6)7)23-19(31)16-26(5)21-11-10-20-24(2,3)22(30(8)9)12-13-27(20)17-28(21,27)15-14-25(23,26)4/h10-11,18-23,31H,12-17H2,1-9H3/t18-,19+,20-,21-,22-,23-,25+,26-,27+,28-/m0/s1. The quantitative estimate of drug-likeness (QED) is 0.637. The second-order valence-corrected chi connectivity index (χ2v) is 14.0. The highest BCUT2D eigenvalue weighted by atomic mass is 16.3. The Balaban J connectivity index is 1.55. The molecule has 0 aliphatic heterocycles. The van der Waals surface area contributed by atoms with E-state index in [1.165, 1.54) is 32.1 Å². The molecule has 0 aromatic rings. The van der Waals surface area contributed by atoms with Gasteiger partial charge in [-0.1, -0.05) is 39.8 Å². The number of hydrogen-bond acceptors (Lipinski definition) is 3. The number of aliphatic hydroxyl groups excluding tert-OH is 1. The van der Waals surface area contributed by atoms with Crippen molar-refractivity contribution in [3.05, 3.63) is 12.2 Å². The fourth-order valence-electron chi connectivity index (χ4n) is 10.8. The summed E-state index contributed by atoms with van der Waals surface area (Å²) >= 11 is 0. The Kier molecular flexibility index (Phi) is 4.62. The molecule has 0 aromatic heterocycles. The Morgan fingerprint density at radius 1 is 0.871 bits per heavy atom. The molecule has 1 N–H and O–H groups in total. The first-order chi connectivity index (χ1) is 14.3. The van der Waals surface area contributed by atoms with Crippen molar-refractivity contribution < 1.29 is 5.11 Å². The van der Waals surface area contributed by atoms with Crippen molar-refractivity contribution in [1.29, 1.82) is 0 Å². The Hall–Kier alpha value is -0.380. The number of allylic oxidation sites excluding steroid dienone is 2. The third kappa shape index (κ3) is 2.42. The zero-order chi connectivity index (χ0) is 22.8. The summed E-state index contributed by atoms with van der Waals surface area (Å²) in [6.45, 7) is 12.5. The zero-order valence-corrected chi connectivity index (χ0v) is 21.7. The van der Waals surface area contributed by atoms with Crippen molar-refractivity contribution in [2.24, 2.45) is 44.8 Å². The average Bonchev–Trinajstić information content (AvgIpc) is 3.26. The molecule has 0 heterocycles. The maximum Gasteiger partial charge on any atom is 0.0594 e. The van der Waals surface area contributed by atoms with E-state index >= 15 is 0 Å². The number of fused-ring (bicyclic) bond motifs is 2. The third-order valence-electron chi connectivity index (χ3n) is 12.5. The molecule has 31 heavy (non-hydrogen) atoms. The highest BCUT2D eigenvalue weighted by molar-refractivity contribution is 5.37. The SMILES string of the molecule is C[C@@H]([C@H]1[C@H](O)C[C@@]2(C)[C@@H]3C=C[C@H]4C(C)(C)[C@@H](N(C)C)CC[C@@]45C[C@@]35CC[C@]12C)N(C)C. The molecule has 176 valence electrons. The van der Waals surface area contributed by atoms with Gasteiger partial charge in [0.05, 0.1) is 6.10 Å². The van der Waals surface area contributed by atoms with Gasteiger partial charge >= 0.3 is 0 Å². The maximum atomic E-state index is 11.4. The minimum absolute atomic E-state index is 0.177. The molecule has 0 saturated heterocycles. The van der Waals surface area contributed by atoms with Crippen LogP contribution in [0.1, 0.15) is 73.1 Å². The summed E-state index contributed by atoms with van der Waals surface area (Å²) in [5, 5.41) is 11.4. The van der Waals surface area contributed by atoms with E-state index in [4.69, 9.17) is 0 Å². The van der Waals surface area contributed by atoms with Gasteiger partial charge in [0.25, 0.3) is 0 Å². The van der Waals surface area contributed by atoms with Gasteiger partial charge in [-0.05, 0) is 113 Å². The molecule has 4 saturated carbocycles. The summed E-state index contributed by atoms with van der Waals surface area (Å²) in [6.07, 6.45) is 13.0. The average molecular weight is 429 g/mol. The molecule has 3 nitrogen and oxygen atoms in total. The van der Waals surface area contributed by atoms with Crippen LogP contribution in [0.4, 0.5) is 0 Å². The van der Waals surface area contributed by atoms with Crippen LogP contribution in [0.5, 0.6) is 0 Å². The first kappa shape index (κ1) is 22.4. The van der Waals surface area contributed by atoms with E-state index in [9.17, 15) is 5.11 Å². The van der Waals surface area contributed by atoms with Crippen LogP contribution in [-0.4, -0.2) is 61.3 Å². The fourth-order valence-corrected chi connectivity index (χ4v) is 10.8. The number of aliphatic hydroxyl groups is 1. The molecule has 5 aliphatic carbocycles. The highest BCUT2D eigenvalue weighted by Crippen LogP contribution is 2.87. The van der Waals surface area contributed by atoms with Crippen LogP contribution in [0.2, 0.25) is 0 Å². The van der Waals surface area contributed by atoms with Crippen LogP contribution in [0.15, 0.2) is 12.2 Å². The van der Waals surface area contributed by atoms with E-state index in [1.54, 1.807) is 0 Å². The third-order valence-corrected chi connectivity index (χ3v) is 12.5. The summed E-state index contributed by atoms with van der Waals surface area (Å²) in [4.78, 5) is 4.83. The normalized spacial score (nSPS) is 55.4. The van der Waals surface area contributed by atoms with E-state index in [1.807, 2.05) is 0 Å². The van der Waals surface area contributed by atoms with Crippen LogP contribution in [0, 0.1) is 44.8 Å². The lowest BCUT2D eigenvalue weighted by Gasteiger charge is -2.62. The molecule has 2 spiro atoms. The van der Waals surface area contributed by atoms with Gasteiger partial charge in [0.1, 0.15) is 0 Å². The van der Waals surface area contributed by atoms with Crippen LogP contribution in [-0.2, 0) is 0 Å². The molecule has 0 aromatic carbocycles. The van der Waals surface area contributed by atoms with Crippen molar-refractivity contribution >= 4 is 0 Å². The lowest BCUT2D eigenvalue weighted by Crippen LogP contribution is -2.58. The van der Waals surface area contributed by atoms with Crippen molar-refractivity contribution in [3.63, 3.8) is 0 Å². The zero-order valence-electron chi connectivity index (χ0n) is 21.7. The second kappa shape index (κ2) is 6.39. The van der Waals surface area contributed by atoms with Gasteiger partial charge in [-0.2, -0.15) is 0 Å². The Morgan fingerprint density at radius 2 is 1.48 bits per heavy atom. The predicted octanol–water partition coefficient (Wildman–Crippen LogP) is 5.05. The van der Waals surface area contributed by atoms with E-state index < -0.39 is 0 Å². The molecule has 5 rings (SSSR count). The highest BCUT2D eigenvalue weighted by Gasteiger charge is 2.82. The summed E-state index contributed by atoms with van der Waals surface area (Å²) in [7, 11) is 8.93. The van der Waals surface area contributed by atoms with Crippen LogP contribution in [0.25, 0.3) is 0 Å². The lowest BCUT2D eigenvalue weighted by atomic mass is 9.43. The van der Waals surface area contributed by atoms with Gasteiger partial charge in [-0.15, -0.1) is 0 Å². The van der Waals surface area contributed by atoms with Crippen LogP contribution >= 0.6 is 0 Å². The molecular formula is C28H48N2O. The van der Waals surface area contributed by atoms with E-state index in [-0.39, 0.29) is 16.9 Å². The minimum atomic E-state index is -0.177. The van der Waals surface area contributed by atoms with Gasteiger partial charge in [0.2, 0.25) is 0 Å². The fraction of sp³-hybridized carbons (Fsp3) is 0.929. The topological polar surface area (TPSA) is 26.7 Å². The molecule has 0 unspecified atom stereocenters. The molecule has 0 radical (unpaired) electrons. The molecule has 5 aliphatic rings. The molecule has 10 atom stereocenters. The molecular weight excluding hydrogens is 380 g/mol. The minimum Gasteiger partial charge on any atom is -0.393 e. The van der Waals surface area contributed by atoms with Crippen molar-refractivity contribution in [2.75, 3.05) is 28.2 Å². The largest absolute Gasteiger partial charge is 0.393 e. The Morgan fingerprint density at radius 3 is 2.10 bits per heavy atom. The smallest absolute Gasteiger partial charge is 0.0594 e. The van der Waals surface area contributed by atoms with Gasteiger partial charge in [-0.3, -0.25) is 0 Å². The first-order valence-corrected chi connectivity index (χ1v) is 13.0. The predicted molar refractivity (Wildman–Crippen MR) is 129 cm³/mol. The maximum absolute atomic E-state index is 11.4. The molecule has 3 heteroatoms. The second-order valence-electron chi connectivity index (χ2n) is 14.0. The Labute approximate surface area is 191 Å². The van der Waals surface area contributed by atoms with Crippen molar-refractivity contribution in [1.82, 2.24) is 9.80 Å². The summed E-state index contributed by atoms with van der Waals surface area (Å²) in [5.41, 5.74) is 1.75. The number of nitrogens with zero attached hydrogens (tertiary/aromatic N) is 2. The summed E-state index contributed by atoms with van der Waals surface area (Å²) in [6, 6.07) is 1.09. The van der Waals surface area contributed by atoms with E-state index in [0.29, 0.717) is 46.1 Å². The van der Waals surface area contributed by atoms with Crippen molar-refractivity contribution in [3.8, 4) is 0 Å². The Bertz CT molecular complexity index is 788. The van der Waals surface area contributed by atoms with Gasteiger partial charge < -0.3 is 14.9 Å². The lowest BCUT2D eigenvalue weighted by molar-refractivity contribution is -0.109. The van der Waals surface area contributed by atoms with Crippen LogP contribution in [0.3, 0.4) is 0 Å². The van der Waals surface area contributed by atoms with E-state index in [0.717, 1.165) is 6.42 Å². The van der Waals surface area contributed by atoms with Gasteiger partial charge in [-0.25, -0.2) is 0 Å². The monoisotopic (exact) mass is 428 g/mol. The summed E-state index contributed by atoms with van der Waals surface area (Å²) in [5.74, 6) is 1.70. The van der Waals surface area contributed by atoms with Crippen molar-refractivity contribution in [2.45, 2.75) is 91.3 Å². The van der Waals surface area contributed by atoms with Gasteiger partial charge in [0.15, 0.2) is 0 Å². The van der Waals surface area contributed by atoms with E-state index in [2.05, 4.69) is 84.8 Å². The number of rotatable bonds is 3. The molecule has 0 bridgehead atoms. The molecule has 0 amide bonds. The number of hydrogen-bond donors (Lipinski definition) is 1.